The first-order valence-corrected chi connectivity index (χ1v) is 9.79. The molecule has 1 aliphatic rings. The number of carbonyl (C=O) groups excluding carboxylic acids is 2. The van der Waals surface area contributed by atoms with Crippen LogP contribution < -0.4 is 10.6 Å². The van der Waals surface area contributed by atoms with Gasteiger partial charge in [-0.2, -0.15) is 0 Å². The van der Waals surface area contributed by atoms with E-state index in [1.807, 2.05) is 25.1 Å². The fourth-order valence-electron chi connectivity index (χ4n) is 3.08. The Kier molecular flexibility index (Phi) is 5.23. The number of hydrogen-bond acceptors (Lipinski definition) is 3. The maximum absolute atomic E-state index is 12.7. The summed E-state index contributed by atoms with van der Waals surface area (Å²) in [4.78, 5) is 25.5. The van der Waals surface area contributed by atoms with Crippen LogP contribution in [0.2, 0.25) is 0 Å². The van der Waals surface area contributed by atoms with Crippen molar-refractivity contribution in [2.75, 3.05) is 10.6 Å². The number of amides is 2. The summed E-state index contributed by atoms with van der Waals surface area (Å²) < 4.78 is 12.7. The number of carbonyl (C=O) groups is 2. The summed E-state index contributed by atoms with van der Waals surface area (Å²) in [7, 11) is -1.55. The summed E-state index contributed by atoms with van der Waals surface area (Å²) in [6, 6.07) is 12.8. The monoisotopic (exact) mass is 370 g/mol. The molecule has 5 nitrogen and oxygen atoms in total. The molecule has 0 radical (unpaired) electrons. The van der Waals surface area contributed by atoms with Crippen molar-refractivity contribution in [1.29, 1.82) is 0 Å². The second-order valence-corrected chi connectivity index (χ2v) is 8.32. The lowest BCUT2D eigenvalue weighted by Gasteiger charge is -2.24. The summed E-state index contributed by atoms with van der Waals surface area (Å²) in [6.07, 6.45) is -0.126. The van der Waals surface area contributed by atoms with Gasteiger partial charge in [0.15, 0.2) is 0 Å². The highest BCUT2D eigenvalue weighted by Gasteiger charge is 2.34. The number of rotatable bonds is 4. The molecule has 0 aromatic heterocycles. The molecular formula is C20H22N2O3S. The SMILES string of the molecule is Cc1cccc(C(C)C)c1NC(=O)CC1C(=O)Nc2ccccc2S1=O. The van der Waals surface area contributed by atoms with E-state index in [1.54, 1.807) is 24.3 Å². The fourth-order valence-corrected chi connectivity index (χ4v) is 4.49. The van der Waals surface area contributed by atoms with Crippen LogP contribution in [0.1, 0.15) is 37.3 Å². The van der Waals surface area contributed by atoms with E-state index >= 15 is 0 Å². The summed E-state index contributed by atoms with van der Waals surface area (Å²) in [5, 5.41) is 4.77. The number of aryl methyl sites for hydroxylation is 1. The van der Waals surface area contributed by atoms with Crippen molar-refractivity contribution in [3.05, 3.63) is 53.6 Å². The van der Waals surface area contributed by atoms with Crippen molar-refractivity contribution in [2.24, 2.45) is 0 Å². The quantitative estimate of drug-likeness (QED) is 0.864. The molecule has 2 amide bonds. The van der Waals surface area contributed by atoms with E-state index < -0.39 is 16.0 Å². The molecule has 2 atom stereocenters. The maximum atomic E-state index is 12.7. The van der Waals surface area contributed by atoms with Crippen LogP contribution in [0.15, 0.2) is 47.4 Å². The highest BCUT2D eigenvalue weighted by molar-refractivity contribution is 7.86. The van der Waals surface area contributed by atoms with Gasteiger partial charge in [0.1, 0.15) is 5.25 Å². The molecule has 26 heavy (non-hydrogen) atoms. The van der Waals surface area contributed by atoms with Crippen molar-refractivity contribution < 1.29 is 13.8 Å². The zero-order chi connectivity index (χ0) is 18.8. The predicted molar refractivity (Wildman–Crippen MR) is 104 cm³/mol. The van der Waals surface area contributed by atoms with Crippen LogP contribution >= 0.6 is 0 Å². The molecule has 2 aromatic rings. The topological polar surface area (TPSA) is 75.3 Å². The van der Waals surface area contributed by atoms with E-state index in [9.17, 15) is 13.8 Å². The summed E-state index contributed by atoms with van der Waals surface area (Å²) in [5.41, 5.74) is 3.32. The lowest BCUT2D eigenvalue weighted by atomic mass is 9.98. The Hall–Kier alpha value is -2.47. The van der Waals surface area contributed by atoms with Gasteiger partial charge in [-0.25, -0.2) is 0 Å². The normalized spacial score (nSPS) is 19.0. The summed E-state index contributed by atoms with van der Waals surface area (Å²) in [5.74, 6) is -0.440. The minimum atomic E-state index is -1.55. The predicted octanol–water partition coefficient (Wildman–Crippen LogP) is 3.58. The summed E-state index contributed by atoms with van der Waals surface area (Å²) >= 11 is 0. The molecule has 136 valence electrons. The van der Waals surface area contributed by atoms with Gasteiger partial charge in [-0.1, -0.05) is 44.2 Å². The highest BCUT2D eigenvalue weighted by atomic mass is 32.2. The molecule has 0 saturated carbocycles. The van der Waals surface area contributed by atoms with Gasteiger partial charge in [-0.3, -0.25) is 13.8 Å². The molecule has 0 spiro atoms. The standard InChI is InChI=1S/C20H22N2O3S/c1-12(2)14-8-6-7-13(3)19(14)22-18(23)11-17-20(24)21-15-9-4-5-10-16(15)26(17)25/h4-10,12,17H,11H2,1-3H3,(H,21,24)(H,22,23). The van der Waals surface area contributed by atoms with Crippen LogP contribution in [-0.4, -0.2) is 21.3 Å². The molecule has 0 fully saturated rings. The maximum Gasteiger partial charge on any atom is 0.241 e. The molecule has 1 aliphatic heterocycles. The average molecular weight is 370 g/mol. The lowest BCUT2D eigenvalue weighted by Crippen LogP contribution is -2.39. The molecule has 1 heterocycles. The number of benzene rings is 2. The van der Waals surface area contributed by atoms with E-state index in [4.69, 9.17) is 0 Å². The molecule has 3 rings (SSSR count). The number of anilines is 2. The summed E-state index contributed by atoms with van der Waals surface area (Å²) in [6.45, 7) is 6.05. The molecule has 0 bridgehead atoms. The Morgan fingerprint density at radius 2 is 1.92 bits per heavy atom. The van der Waals surface area contributed by atoms with Crippen LogP contribution in [0, 0.1) is 6.92 Å². The minimum absolute atomic E-state index is 0.126. The number of para-hydroxylation sites is 2. The number of hydrogen-bond donors (Lipinski definition) is 2. The third-order valence-electron chi connectivity index (χ3n) is 4.47. The van der Waals surface area contributed by atoms with Crippen LogP contribution in [-0.2, 0) is 20.4 Å². The van der Waals surface area contributed by atoms with Crippen LogP contribution in [0.3, 0.4) is 0 Å². The average Bonchev–Trinajstić information content (AvgIpc) is 2.60. The van der Waals surface area contributed by atoms with Crippen molar-refractivity contribution in [3.8, 4) is 0 Å². The van der Waals surface area contributed by atoms with Gasteiger partial charge >= 0.3 is 0 Å². The number of nitrogens with one attached hydrogen (secondary N) is 2. The second-order valence-electron chi connectivity index (χ2n) is 6.72. The zero-order valence-corrected chi connectivity index (χ0v) is 15.9. The smallest absolute Gasteiger partial charge is 0.241 e. The van der Waals surface area contributed by atoms with Crippen molar-refractivity contribution >= 4 is 34.0 Å². The van der Waals surface area contributed by atoms with Crippen molar-refractivity contribution in [3.63, 3.8) is 0 Å². The Morgan fingerprint density at radius 1 is 1.19 bits per heavy atom. The molecule has 2 N–H and O–H groups in total. The first kappa shape index (κ1) is 18.3. The molecule has 0 saturated heterocycles. The van der Waals surface area contributed by atoms with E-state index in [-0.39, 0.29) is 24.2 Å². The molecular weight excluding hydrogens is 348 g/mol. The Labute approximate surface area is 155 Å². The molecule has 2 unspecified atom stereocenters. The van der Waals surface area contributed by atoms with Gasteiger partial charge < -0.3 is 10.6 Å². The largest absolute Gasteiger partial charge is 0.326 e. The Balaban J connectivity index is 1.79. The first-order chi connectivity index (χ1) is 12.4. The van der Waals surface area contributed by atoms with Gasteiger partial charge in [0.25, 0.3) is 0 Å². The number of fused-ring (bicyclic) bond motifs is 1. The van der Waals surface area contributed by atoms with Gasteiger partial charge in [0.05, 0.1) is 27.8 Å². The van der Waals surface area contributed by atoms with E-state index in [1.165, 1.54) is 0 Å². The van der Waals surface area contributed by atoms with Crippen molar-refractivity contribution in [2.45, 2.75) is 43.3 Å². The van der Waals surface area contributed by atoms with E-state index in [2.05, 4.69) is 24.5 Å². The van der Waals surface area contributed by atoms with Crippen LogP contribution in [0.25, 0.3) is 0 Å². The van der Waals surface area contributed by atoms with Gasteiger partial charge in [0, 0.05) is 5.69 Å². The molecule has 2 aromatic carbocycles. The Morgan fingerprint density at radius 3 is 2.65 bits per heavy atom. The second kappa shape index (κ2) is 7.41. The van der Waals surface area contributed by atoms with Crippen LogP contribution in [0.5, 0.6) is 0 Å². The van der Waals surface area contributed by atoms with Gasteiger partial charge in [0.2, 0.25) is 11.8 Å². The van der Waals surface area contributed by atoms with Gasteiger partial charge in [-0.15, -0.1) is 0 Å². The van der Waals surface area contributed by atoms with Crippen molar-refractivity contribution in [1.82, 2.24) is 0 Å². The third-order valence-corrected chi connectivity index (χ3v) is 6.16. The molecule has 0 aliphatic carbocycles. The molecule has 6 heteroatoms. The lowest BCUT2D eigenvalue weighted by molar-refractivity contribution is -0.120. The zero-order valence-electron chi connectivity index (χ0n) is 15.0. The van der Waals surface area contributed by atoms with Gasteiger partial charge in [-0.05, 0) is 36.1 Å². The van der Waals surface area contributed by atoms with E-state index in [0.717, 1.165) is 16.8 Å². The van der Waals surface area contributed by atoms with E-state index in [0.29, 0.717) is 10.6 Å². The highest BCUT2D eigenvalue weighted by Crippen LogP contribution is 2.30. The van der Waals surface area contributed by atoms with Crippen LogP contribution in [0.4, 0.5) is 11.4 Å². The fraction of sp³-hybridized carbons (Fsp3) is 0.300. The minimum Gasteiger partial charge on any atom is -0.326 e. The Bertz CT molecular complexity index is 892. The first-order valence-electron chi connectivity index (χ1n) is 8.58. The third kappa shape index (κ3) is 3.55.